The van der Waals surface area contributed by atoms with Crippen LogP contribution in [0.3, 0.4) is 0 Å². The van der Waals surface area contributed by atoms with Crippen molar-refractivity contribution in [3.05, 3.63) is 24.3 Å². The Bertz CT molecular complexity index is 779. The first-order chi connectivity index (χ1) is 14.6. The van der Waals surface area contributed by atoms with Crippen LogP contribution in [0, 0.1) is 11.8 Å². The smallest absolute Gasteiger partial charge is 0.266 e. The van der Waals surface area contributed by atoms with Crippen LogP contribution < -0.4 is 5.48 Å². The summed E-state index contributed by atoms with van der Waals surface area (Å²) in [7, 11) is -2.17. The van der Waals surface area contributed by atoms with Gasteiger partial charge in [0.05, 0.1) is 0 Å². The molecule has 0 aliphatic carbocycles. The maximum absolute atomic E-state index is 13.3. The minimum atomic E-state index is -3.94. The van der Waals surface area contributed by atoms with Crippen molar-refractivity contribution in [3.8, 4) is 0 Å². The summed E-state index contributed by atoms with van der Waals surface area (Å²) >= 11 is 0. The molecule has 2 aliphatic rings. The molecule has 2 N–H and O–H groups in total. The highest BCUT2D eigenvalue weighted by Gasteiger charge is 2.54. The van der Waals surface area contributed by atoms with Gasteiger partial charge in [-0.1, -0.05) is 32.1 Å². The molecule has 10 heteroatoms. The minimum Gasteiger partial charge on any atom is -0.381 e. The number of sulfonamides is 1. The Labute approximate surface area is 185 Å². The van der Waals surface area contributed by atoms with E-state index in [0.717, 1.165) is 0 Å². The van der Waals surface area contributed by atoms with Crippen LogP contribution >= 0.6 is 0 Å². The Morgan fingerprint density at radius 3 is 2.39 bits per heavy atom. The van der Waals surface area contributed by atoms with Crippen LogP contribution in [-0.2, 0) is 24.3 Å². The summed E-state index contributed by atoms with van der Waals surface area (Å²) in [6, 6.07) is 0. The molecule has 176 valence electrons. The number of allylic oxidation sites excluding steroid dienone is 3. The quantitative estimate of drug-likeness (QED) is 0.246. The second-order valence-electron chi connectivity index (χ2n) is 8.65. The number of carbonyl (C=O) groups is 2. The van der Waals surface area contributed by atoms with Crippen molar-refractivity contribution in [2.45, 2.75) is 44.3 Å². The zero-order valence-electron chi connectivity index (χ0n) is 18.6. The van der Waals surface area contributed by atoms with E-state index in [9.17, 15) is 18.0 Å². The second kappa shape index (κ2) is 11.2. The first-order valence-corrected chi connectivity index (χ1v) is 12.2. The first kappa shape index (κ1) is 25.5. The molecule has 0 atom stereocenters. The molecule has 2 aliphatic heterocycles. The fourth-order valence-corrected chi connectivity index (χ4v) is 6.23. The predicted octanol–water partition coefficient (Wildman–Crippen LogP) is 1.31. The summed E-state index contributed by atoms with van der Waals surface area (Å²) in [5.41, 5.74) is 1.54. The number of ether oxygens (including phenoxy) is 1. The van der Waals surface area contributed by atoms with E-state index in [0.29, 0.717) is 38.4 Å². The molecule has 2 saturated heterocycles. The van der Waals surface area contributed by atoms with Gasteiger partial charge < -0.3 is 9.64 Å². The van der Waals surface area contributed by atoms with Crippen LogP contribution in [0.15, 0.2) is 24.3 Å². The van der Waals surface area contributed by atoms with Crippen LogP contribution in [0.5, 0.6) is 0 Å². The molecule has 9 nitrogen and oxygen atoms in total. The Balaban J connectivity index is 1.94. The van der Waals surface area contributed by atoms with E-state index in [2.05, 4.69) is 13.8 Å². The molecular formula is C21H35N3O6S. The lowest BCUT2D eigenvalue weighted by Gasteiger charge is -2.40. The van der Waals surface area contributed by atoms with Gasteiger partial charge in [0, 0.05) is 58.8 Å². The molecule has 0 bridgehead atoms. The predicted molar refractivity (Wildman–Crippen MR) is 117 cm³/mol. The number of likely N-dealkylation sites (N-methyl/N-ethyl adjacent to an activating group) is 1. The molecule has 0 aromatic heterocycles. The molecule has 2 amide bonds. The van der Waals surface area contributed by atoms with E-state index in [1.54, 1.807) is 23.5 Å². The van der Waals surface area contributed by atoms with Gasteiger partial charge >= 0.3 is 0 Å². The topological polar surface area (TPSA) is 116 Å². The summed E-state index contributed by atoms with van der Waals surface area (Å²) in [4.78, 5) is 26.0. The summed E-state index contributed by atoms with van der Waals surface area (Å²) < 4.78 is 31.5. The van der Waals surface area contributed by atoms with Crippen molar-refractivity contribution in [1.82, 2.24) is 14.7 Å². The maximum Gasteiger partial charge on any atom is 0.266 e. The highest BCUT2D eigenvalue weighted by Crippen LogP contribution is 2.35. The number of nitrogens with one attached hydrogen (secondary N) is 1. The normalized spacial score (nSPS) is 21.1. The molecule has 0 aromatic rings. The average Bonchev–Trinajstić information content (AvgIpc) is 2.76. The Morgan fingerprint density at radius 2 is 1.84 bits per heavy atom. The third kappa shape index (κ3) is 6.15. The Morgan fingerprint density at radius 1 is 1.23 bits per heavy atom. The highest BCUT2D eigenvalue weighted by molar-refractivity contribution is 7.91. The first-order valence-electron chi connectivity index (χ1n) is 10.8. The van der Waals surface area contributed by atoms with Gasteiger partial charge in [-0.2, -0.15) is 0 Å². The number of hydrogen-bond donors (Lipinski definition) is 2. The van der Waals surface area contributed by atoms with Gasteiger partial charge in [-0.15, -0.1) is 0 Å². The number of carbonyl (C=O) groups excluding carboxylic acids is 2. The van der Waals surface area contributed by atoms with Crippen LogP contribution in [0.25, 0.3) is 0 Å². The standard InChI is InChI=1S/C21H35N3O6S/c1-17(2)16-23(3)19(25)7-5-4-6-18-8-12-24(13-9-18)31(28,29)21(20(26)22-27)10-14-30-15-11-21/h4-7,17-18,27H,8-16H2,1-3H3,(H,22,26). The number of hydrogen-bond acceptors (Lipinski definition) is 6. The lowest BCUT2D eigenvalue weighted by atomic mass is 9.97. The van der Waals surface area contributed by atoms with Gasteiger partial charge in [-0.3, -0.25) is 14.8 Å². The fraction of sp³-hybridized carbons (Fsp3) is 0.714. The number of amides is 2. The molecular weight excluding hydrogens is 422 g/mol. The van der Waals surface area contributed by atoms with Crippen LogP contribution in [-0.4, -0.2) is 79.3 Å². The number of rotatable bonds is 8. The lowest BCUT2D eigenvalue weighted by molar-refractivity contribution is -0.134. The van der Waals surface area contributed by atoms with E-state index < -0.39 is 20.7 Å². The molecule has 2 rings (SSSR count). The second-order valence-corrected chi connectivity index (χ2v) is 10.9. The van der Waals surface area contributed by atoms with Crippen molar-refractivity contribution >= 4 is 21.8 Å². The SMILES string of the molecule is CC(C)CN(C)C(=O)C=CC=CC1CCN(S(=O)(=O)C2(C(=O)NO)CCOCC2)CC1. The Hall–Kier alpha value is -1.75. The van der Waals surface area contributed by atoms with Gasteiger partial charge in [0.2, 0.25) is 15.9 Å². The molecule has 2 heterocycles. The summed E-state index contributed by atoms with van der Waals surface area (Å²) in [5.74, 6) is -0.349. The van der Waals surface area contributed by atoms with E-state index >= 15 is 0 Å². The van der Waals surface area contributed by atoms with Crippen molar-refractivity contribution in [2.75, 3.05) is 39.9 Å². The van der Waals surface area contributed by atoms with Crippen LogP contribution in [0.1, 0.15) is 39.5 Å². The zero-order chi connectivity index (χ0) is 23.1. The largest absolute Gasteiger partial charge is 0.381 e. The molecule has 0 unspecified atom stereocenters. The molecule has 0 saturated carbocycles. The van der Waals surface area contributed by atoms with Gasteiger partial charge in [0.1, 0.15) is 0 Å². The van der Waals surface area contributed by atoms with Crippen LogP contribution in [0.2, 0.25) is 0 Å². The van der Waals surface area contributed by atoms with E-state index in [1.165, 1.54) is 10.4 Å². The van der Waals surface area contributed by atoms with E-state index in [4.69, 9.17) is 9.94 Å². The van der Waals surface area contributed by atoms with Crippen molar-refractivity contribution in [3.63, 3.8) is 0 Å². The molecule has 0 spiro atoms. The van der Waals surface area contributed by atoms with Crippen molar-refractivity contribution < 1.29 is 28.0 Å². The van der Waals surface area contributed by atoms with Crippen LogP contribution in [0.4, 0.5) is 0 Å². The molecule has 0 radical (unpaired) electrons. The minimum absolute atomic E-state index is 0.0195. The van der Waals surface area contributed by atoms with Gasteiger partial charge in [-0.25, -0.2) is 18.2 Å². The van der Waals surface area contributed by atoms with Crippen molar-refractivity contribution in [2.24, 2.45) is 11.8 Å². The summed E-state index contributed by atoms with van der Waals surface area (Å²) in [5, 5.41) is 9.13. The number of hydroxylamine groups is 1. The third-order valence-corrected chi connectivity index (χ3v) is 8.52. The van der Waals surface area contributed by atoms with E-state index in [1.807, 2.05) is 12.2 Å². The molecule has 0 aromatic carbocycles. The van der Waals surface area contributed by atoms with Crippen molar-refractivity contribution in [1.29, 1.82) is 0 Å². The summed E-state index contributed by atoms with van der Waals surface area (Å²) in [6.45, 7) is 5.73. The zero-order valence-corrected chi connectivity index (χ0v) is 19.4. The number of piperidine rings is 1. The lowest BCUT2D eigenvalue weighted by Crippen LogP contribution is -2.60. The average molecular weight is 458 g/mol. The third-order valence-electron chi connectivity index (χ3n) is 5.90. The Kier molecular flexibility index (Phi) is 9.23. The highest BCUT2D eigenvalue weighted by atomic mass is 32.2. The maximum atomic E-state index is 13.3. The number of nitrogens with zero attached hydrogens (tertiary/aromatic N) is 2. The molecule has 2 fully saturated rings. The van der Waals surface area contributed by atoms with Gasteiger partial charge in [-0.05, 0) is 24.7 Å². The fourth-order valence-electron chi connectivity index (χ4n) is 4.08. The van der Waals surface area contributed by atoms with E-state index in [-0.39, 0.29) is 37.9 Å². The monoisotopic (exact) mass is 457 g/mol. The summed E-state index contributed by atoms with van der Waals surface area (Å²) in [6.07, 6.45) is 8.34. The van der Waals surface area contributed by atoms with Gasteiger partial charge in [0.25, 0.3) is 5.91 Å². The molecule has 31 heavy (non-hydrogen) atoms. The van der Waals surface area contributed by atoms with Gasteiger partial charge in [0.15, 0.2) is 4.75 Å².